The number of hydrogen-bond acceptors (Lipinski definition) is 3. The predicted octanol–water partition coefficient (Wildman–Crippen LogP) is 2.39. The van der Waals surface area contributed by atoms with Crippen LogP contribution in [0.25, 0.3) is 0 Å². The average Bonchev–Trinajstić information content (AvgIpc) is 2.39. The first-order chi connectivity index (χ1) is 8.72. The van der Waals surface area contributed by atoms with Gasteiger partial charge >= 0.3 is 6.03 Å². The number of aryl methyl sites for hydroxylation is 2. The van der Waals surface area contributed by atoms with Crippen LogP contribution in [0.15, 0.2) is 18.2 Å². The summed E-state index contributed by atoms with van der Waals surface area (Å²) in [5.74, 6) is 0. The highest BCUT2D eigenvalue weighted by Crippen LogP contribution is 2.22. The molecule has 1 aromatic rings. The first kappa shape index (κ1) is 14.5. The monoisotopic (exact) mass is 251 g/mol. The summed E-state index contributed by atoms with van der Waals surface area (Å²) in [7, 11) is 0. The summed E-state index contributed by atoms with van der Waals surface area (Å²) in [4.78, 5) is 16.5. The molecule has 0 aliphatic carbocycles. The molecule has 5 heteroatoms. The maximum absolute atomic E-state index is 11.7. The van der Waals surface area contributed by atoms with Gasteiger partial charge in [-0.3, -0.25) is 4.84 Å². The van der Waals surface area contributed by atoms with Crippen LogP contribution < -0.4 is 16.3 Å². The summed E-state index contributed by atoms with van der Waals surface area (Å²) in [6.45, 7) is 6.44. The van der Waals surface area contributed by atoms with Crippen LogP contribution in [-0.2, 0) is 17.7 Å². The number of urea groups is 1. The van der Waals surface area contributed by atoms with Gasteiger partial charge in [0.25, 0.3) is 0 Å². The molecule has 0 unspecified atom stereocenters. The second-order valence-corrected chi connectivity index (χ2v) is 3.77. The maximum Gasteiger partial charge on any atom is 0.335 e. The molecule has 2 amide bonds. The molecule has 3 N–H and O–H groups in total. The second kappa shape index (κ2) is 7.68. The van der Waals surface area contributed by atoms with Crippen LogP contribution in [0.2, 0.25) is 0 Å². The number of rotatable bonds is 6. The third-order valence-corrected chi connectivity index (χ3v) is 2.62. The Labute approximate surface area is 108 Å². The number of anilines is 1. The van der Waals surface area contributed by atoms with Crippen LogP contribution in [0.4, 0.5) is 10.5 Å². The predicted molar refractivity (Wildman–Crippen MR) is 72.1 cm³/mol. The number of carbonyl (C=O) groups excluding carboxylic acids is 1. The van der Waals surface area contributed by atoms with Gasteiger partial charge in [0.15, 0.2) is 0 Å². The molecule has 0 aromatic heterocycles. The molecule has 1 aromatic carbocycles. The highest BCUT2D eigenvalue weighted by molar-refractivity contribution is 5.90. The van der Waals surface area contributed by atoms with Gasteiger partial charge in [-0.2, -0.15) is 0 Å². The Morgan fingerprint density at radius 2 is 1.78 bits per heavy atom. The van der Waals surface area contributed by atoms with Crippen molar-refractivity contribution in [1.82, 2.24) is 11.0 Å². The standard InChI is InChI=1S/C13H21N3O2/c1-4-10-8-7-9-11(5-2)12(10)14-13(17)15-16-18-6-3/h7-9,16H,4-6H2,1-3H3,(H2,14,15,17). The van der Waals surface area contributed by atoms with Crippen molar-refractivity contribution in [2.45, 2.75) is 33.6 Å². The molecule has 0 bridgehead atoms. The molecular formula is C13H21N3O2. The largest absolute Gasteiger partial charge is 0.335 e. The lowest BCUT2D eigenvalue weighted by atomic mass is 10.0. The van der Waals surface area contributed by atoms with Crippen LogP contribution in [-0.4, -0.2) is 12.6 Å². The molecule has 1 rings (SSSR count). The fourth-order valence-electron chi connectivity index (χ4n) is 1.70. The third kappa shape index (κ3) is 4.01. The lowest BCUT2D eigenvalue weighted by molar-refractivity contribution is 0.0294. The zero-order valence-corrected chi connectivity index (χ0v) is 11.2. The Hall–Kier alpha value is -1.59. The first-order valence-corrected chi connectivity index (χ1v) is 6.27. The SMILES string of the molecule is CCONNC(=O)Nc1c(CC)cccc1CC. The number of nitrogens with one attached hydrogen (secondary N) is 3. The molecule has 0 radical (unpaired) electrons. The smallest absolute Gasteiger partial charge is 0.306 e. The highest BCUT2D eigenvalue weighted by atomic mass is 16.7. The molecule has 0 aliphatic heterocycles. The van der Waals surface area contributed by atoms with Crippen molar-refractivity contribution in [1.29, 1.82) is 0 Å². The van der Waals surface area contributed by atoms with Gasteiger partial charge in [0, 0.05) is 5.69 Å². The summed E-state index contributed by atoms with van der Waals surface area (Å²) >= 11 is 0. The molecule has 0 spiro atoms. The van der Waals surface area contributed by atoms with E-state index in [4.69, 9.17) is 4.84 Å². The second-order valence-electron chi connectivity index (χ2n) is 3.77. The first-order valence-electron chi connectivity index (χ1n) is 6.27. The number of para-hydroxylation sites is 1. The molecule has 0 heterocycles. The van der Waals surface area contributed by atoms with Gasteiger partial charge < -0.3 is 5.32 Å². The topological polar surface area (TPSA) is 62.4 Å². The van der Waals surface area contributed by atoms with E-state index in [1.165, 1.54) is 0 Å². The summed E-state index contributed by atoms with van der Waals surface area (Å²) < 4.78 is 0. The summed E-state index contributed by atoms with van der Waals surface area (Å²) in [5, 5.41) is 2.85. The summed E-state index contributed by atoms with van der Waals surface area (Å²) in [6, 6.07) is 5.72. The molecule has 18 heavy (non-hydrogen) atoms. The fourth-order valence-corrected chi connectivity index (χ4v) is 1.70. The summed E-state index contributed by atoms with van der Waals surface area (Å²) in [5.41, 5.74) is 7.92. The average molecular weight is 251 g/mol. The van der Waals surface area contributed by atoms with Crippen molar-refractivity contribution in [3.8, 4) is 0 Å². The van der Waals surface area contributed by atoms with Crippen LogP contribution >= 0.6 is 0 Å². The van der Waals surface area contributed by atoms with Gasteiger partial charge in [0.1, 0.15) is 0 Å². The summed E-state index contributed by atoms with van der Waals surface area (Å²) in [6.07, 6.45) is 1.75. The van der Waals surface area contributed by atoms with E-state index < -0.39 is 0 Å². The Morgan fingerprint density at radius 1 is 1.17 bits per heavy atom. The highest BCUT2D eigenvalue weighted by Gasteiger charge is 2.09. The number of benzene rings is 1. The minimum absolute atomic E-state index is 0.334. The molecule has 0 aliphatic rings. The zero-order chi connectivity index (χ0) is 13.4. The van der Waals surface area contributed by atoms with Gasteiger partial charge in [-0.15, -0.1) is 5.59 Å². The molecular weight excluding hydrogens is 230 g/mol. The number of amides is 2. The molecule has 5 nitrogen and oxygen atoms in total. The Balaban J connectivity index is 2.72. The van der Waals surface area contributed by atoms with Gasteiger partial charge in [-0.1, -0.05) is 32.0 Å². The van der Waals surface area contributed by atoms with Crippen LogP contribution in [0, 0.1) is 0 Å². The van der Waals surface area contributed by atoms with E-state index in [1.54, 1.807) is 0 Å². The molecule has 0 fully saturated rings. The minimum Gasteiger partial charge on any atom is -0.306 e. The van der Waals surface area contributed by atoms with Crippen molar-refractivity contribution in [2.24, 2.45) is 0 Å². The van der Waals surface area contributed by atoms with E-state index in [0.29, 0.717) is 6.61 Å². The maximum atomic E-state index is 11.7. The number of hydrazine groups is 1. The third-order valence-electron chi connectivity index (χ3n) is 2.62. The molecule has 0 atom stereocenters. The minimum atomic E-state index is -0.334. The normalized spacial score (nSPS) is 10.2. The van der Waals surface area contributed by atoms with Crippen molar-refractivity contribution in [3.05, 3.63) is 29.3 Å². The van der Waals surface area contributed by atoms with Crippen molar-refractivity contribution >= 4 is 11.7 Å². The Kier molecular flexibility index (Phi) is 6.18. The van der Waals surface area contributed by atoms with Crippen LogP contribution in [0.1, 0.15) is 31.9 Å². The van der Waals surface area contributed by atoms with E-state index in [2.05, 4.69) is 30.2 Å². The molecule has 0 saturated heterocycles. The number of carbonyl (C=O) groups is 1. The lowest BCUT2D eigenvalue weighted by Gasteiger charge is -2.15. The Morgan fingerprint density at radius 3 is 2.28 bits per heavy atom. The zero-order valence-electron chi connectivity index (χ0n) is 11.2. The van der Waals surface area contributed by atoms with Crippen LogP contribution in [0.5, 0.6) is 0 Å². The van der Waals surface area contributed by atoms with E-state index in [1.807, 2.05) is 25.1 Å². The van der Waals surface area contributed by atoms with Gasteiger partial charge in [0.2, 0.25) is 0 Å². The fraction of sp³-hybridized carbons (Fsp3) is 0.462. The van der Waals surface area contributed by atoms with Crippen molar-refractivity contribution < 1.29 is 9.63 Å². The van der Waals surface area contributed by atoms with E-state index >= 15 is 0 Å². The van der Waals surface area contributed by atoms with E-state index in [9.17, 15) is 4.79 Å². The Bertz CT molecular complexity index is 372. The lowest BCUT2D eigenvalue weighted by Crippen LogP contribution is -2.40. The van der Waals surface area contributed by atoms with Crippen molar-refractivity contribution in [3.63, 3.8) is 0 Å². The van der Waals surface area contributed by atoms with Crippen LogP contribution in [0.3, 0.4) is 0 Å². The van der Waals surface area contributed by atoms with E-state index in [0.717, 1.165) is 29.7 Å². The van der Waals surface area contributed by atoms with Gasteiger partial charge in [-0.25, -0.2) is 10.2 Å². The van der Waals surface area contributed by atoms with Gasteiger partial charge in [0.05, 0.1) is 6.61 Å². The molecule has 100 valence electrons. The number of hydrogen-bond donors (Lipinski definition) is 3. The van der Waals surface area contributed by atoms with E-state index in [-0.39, 0.29) is 6.03 Å². The molecule has 0 saturated carbocycles. The van der Waals surface area contributed by atoms with Crippen molar-refractivity contribution in [2.75, 3.05) is 11.9 Å². The quantitative estimate of drug-likeness (QED) is 0.537. The van der Waals surface area contributed by atoms with Gasteiger partial charge in [-0.05, 0) is 30.9 Å².